The maximum Gasteiger partial charge on any atom is 0.0596 e. The van der Waals surface area contributed by atoms with E-state index in [-0.39, 0.29) is 11.5 Å². The molecule has 0 bridgehead atoms. The zero-order valence-electron chi connectivity index (χ0n) is 13.4. The van der Waals surface area contributed by atoms with Crippen molar-refractivity contribution in [1.82, 2.24) is 0 Å². The molecule has 4 fully saturated rings. The van der Waals surface area contributed by atoms with E-state index >= 15 is 0 Å². The highest BCUT2D eigenvalue weighted by Crippen LogP contribution is 2.66. The van der Waals surface area contributed by atoms with E-state index in [0.29, 0.717) is 5.41 Å². The van der Waals surface area contributed by atoms with E-state index in [1.807, 2.05) is 0 Å². The molecule has 1 heteroatoms. The Balaban J connectivity index is 1.64. The summed E-state index contributed by atoms with van der Waals surface area (Å²) >= 11 is 0. The van der Waals surface area contributed by atoms with Crippen LogP contribution in [0, 0.1) is 34.5 Å². The van der Waals surface area contributed by atoms with Crippen molar-refractivity contribution in [2.45, 2.75) is 84.2 Å². The molecule has 1 N–H and O–H groups in total. The molecule has 0 radical (unpaired) electrons. The van der Waals surface area contributed by atoms with Crippen molar-refractivity contribution in [2.75, 3.05) is 0 Å². The Morgan fingerprint density at radius 3 is 2.40 bits per heavy atom. The fraction of sp³-hybridized carbons (Fsp3) is 1.00. The summed E-state index contributed by atoms with van der Waals surface area (Å²) in [5.74, 6) is 3.76. The second-order valence-corrected chi connectivity index (χ2v) is 9.04. The lowest BCUT2D eigenvalue weighted by molar-refractivity contribution is -0.120. The Kier molecular flexibility index (Phi) is 3.05. The van der Waals surface area contributed by atoms with Crippen molar-refractivity contribution in [3.8, 4) is 0 Å². The molecule has 7 atom stereocenters. The number of hydrogen-bond acceptors (Lipinski definition) is 1. The minimum absolute atomic E-state index is 0.00895. The van der Waals surface area contributed by atoms with Crippen LogP contribution in [0.5, 0.6) is 0 Å². The molecule has 20 heavy (non-hydrogen) atoms. The van der Waals surface area contributed by atoms with Crippen LogP contribution in [0.15, 0.2) is 0 Å². The molecule has 0 heterocycles. The lowest BCUT2D eigenvalue weighted by Gasteiger charge is -2.60. The van der Waals surface area contributed by atoms with Crippen molar-refractivity contribution in [2.24, 2.45) is 34.5 Å². The van der Waals surface area contributed by atoms with E-state index in [0.717, 1.165) is 30.1 Å². The Morgan fingerprint density at radius 2 is 1.55 bits per heavy atom. The van der Waals surface area contributed by atoms with Gasteiger partial charge in [-0.05, 0) is 85.9 Å². The van der Waals surface area contributed by atoms with Gasteiger partial charge in [-0.25, -0.2) is 0 Å². The molecule has 0 aromatic carbocycles. The van der Waals surface area contributed by atoms with Crippen LogP contribution in [0.4, 0.5) is 0 Å². The molecule has 4 aliphatic carbocycles. The molecular weight excluding hydrogens is 244 g/mol. The van der Waals surface area contributed by atoms with Crippen LogP contribution in [0.1, 0.15) is 78.1 Å². The third-order valence-corrected chi connectivity index (χ3v) is 8.53. The van der Waals surface area contributed by atoms with Crippen molar-refractivity contribution in [3.05, 3.63) is 0 Å². The quantitative estimate of drug-likeness (QED) is 0.675. The number of aliphatic hydroxyl groups is 1. The summed E-state index contributed by atoms with van der Waals surface area (Å²) in [6.07, 6.45) is 14.0. The second-order valence-electron chi connectivity index (χ2n) is 9.04. The van der Waals surface area contributed by atoms with E-state index in [1.54, 1.807) is 0 Å². The molecular formula is C19H32O. The van der Waals surface area contributed by atoms with Crippen LogP contribution in [0.3, 0.4) is 0 Å². The third kappa shape index (κ3) is 1.65. The fourth-order valence-electron chi connectivity index (χ4n) is 7.27. The van der Waals surface area contributed by atoms with Crippen LogP contribution in [0.2, 0.25) is 0 Å². The highest BCUT2D eigenvalue weighted by molar-refractivity contribution is 5.08. The highest BCUT2D eigenvalue weighted by Gasteiger charge is 2.59. The summed E-state index contributed by atoms with van der Waals surface area (Å²) in [4.78, 5) is 0. The first-order valence-corrected chi connectivity index (χ1v) is 9.24. The molecule has 0 unspecified atom stereocenters. The van der Waals surface area contributed by atoms with Gasteiger partial charge < -0.3 is 5.11 Å². The molecule has 4 saturated carbocycles. The van der Waals surface area contributed by atoms with Gasteiger partial charge in [-0.3, -0.25) is 0 Å². The lowest BCUT2D eigenvalue weighted by Crippen LogP contribution is -2.53. The molecule has 0 amide bonds. The van der Waals surface area contributed by atoms with Crippen LogP contribution < -0.4 is 0 Å². The number of aliphatic hydroxyl groups excluding tert-OH is 1. The first kappa shape index (κ1) is 13.6. The van der Waals surface area contributed by atoms with Gasteiger partial charge in [-0.1, -0.05) is 26.7 Å². The van der Waals surface area contributed by atoms with Crippen LogP contribution in [0.25, 0.3) is 0 Å². The van der Waals surface area contributed by atoms with Crippen molar-refractivity contribution in [1.29, 1.82) is 0 Å². The maximum atomic E-state index is 10.5. The van der Waals surface area contributed by atoms with E-state index in [9.17, 15) is 5.11 Å². The third-order valence-electron chi connectivity index (χ3n) is 8.53. The standard InChI is InChI=1S/C19H32O/c1-18-11-4-3-5-13(18)6-7-14-15-8-9-17(20)19(15,2)12-10-16(14)18/h13-17,20H,3-12H2,1-2H3/t13-,14-,15-,16-,17+,18-,19-/m0/s1. The van der Waals surface area contributed by atoms with E-state index in [4.69, 9.17) is 0 Å². The van der Waals surface area contributed by atoms with Gasteiger partial charge in [0.05, 0.1) is 6.10 Å². The summed E-state index contributed by atoms with van der Waals surface area (Å²) in [6, 6.07) is 0. The normalized spacial score (nSPS) is 58.6. The molecule has 0 aliphatic heterocycles. The minimum atomic E-state index is -0.00895. The molecule has 0 spiro atoms. The smallest absolute Gasteiger partial charge is 0.0596 e. The van der Waals surface area contributed by atoms with Crippen LogP contribution in [-0.2, 0) is 0 Å². The average Bonchev–Trinajstić information content (AvgIpc) is 2.74. The Hall–Kier alpha value is -0.0400. The number of hydrogen-bond donors (Lipinski definition) is 1. The van der Waals surface area contributed by atoms with Crippen molar-refractivity contribution < 1.29 is 5.11 Å². The summed E-state index contributed by atoms with van der Waals surface area (Å²) in [6.45, 7) is 5.04. The molecule has 4 rings (SSSR count). The molecule has 4 aliphatic rings. The largest absolute Gasteiger partial charge is 0.393 e. The van der Waals surface area contributed by atoms with Gasteiger partial charge in [0, 0.05) is 0 Å². The summed E-state index contributed by atoms with van der Waals surface area (Å²) in [5, 5.41) is 10.5. The average molecular weight is 276 g/mol. The van der Waals surface area contributed by atoms with Gasteiger partial charge in [0.15, 0.2) is 0 Å². The van der Waals surface area contributed by atoms with E-state index in [1.165, 1.54) is 57.8 Å². The summed E-state index contributed by atoms with van der Waals surface area (Å²) in [5.41, 5.74) is 0.912. The molecule has 114 valence electrons. The van der Waals surface area contributed by atoms with E-state index < -0.39 is 0 Å². The Labute approximate surface area is 124 Å². The monoisotopic (exact) mass is 276 g/mol. The van der Waals surface area contributed by atoms with Gasteiger partial charge in [-0.2, -0.15) is 0 Å². The Bertz CT molecular complexity index is 391. The van der Waals surface area contributed by atoms with Gasteiger partial charge in [0.2, 0.25) is 0 Å². The number of fused-ring (bicyclic) bond motifs is 5. The lowest BCUT2D eigenvalue weighted by atomic mass is 9.45. The predicted octanol–water partition coefficient (Wildman–Crippen LogP) is 4.78. The minimum Gasteiger partial charge on any atom is -0.393 e. The topological polar surface area (TPSA) is 20.2 Å². The maximum absolute atomic E-state index is 10.5. The molecule has 1 nitrogen and oxygen atoms in total. The zero-order chi connectivity index (χ0) is 14.0. The highest BCUT2D eigenvalue weighted by atomic mass is 16.3. The van der Waals surface area contributed by atoms with Crippen molar-refractivity contribution in [3.63, 3.8) is 0 Å². The predicted molar refractivity (Wildman–Crippen MR) is 82.4 cm³/mol. The molecule has 0 aromatic heterocycles. The first-order valence-electron chi connectivity index (χ1n) is 9.24. The zero-order valence-corrected chi connectivity index (χ0v) is 13.4. The summed E-state index contributed by atoms with van der Waals surface area (Å²) < 4.78 is 0. The van der Waals surface area contributed by atoms with Crippen LogP contribution in [-0.4, -0.2) is 11.2 Å². The van der Waals surface area contributed by atoms with E-state index in [2.05, 4.69) is 13.8 Å². The second kappa shape index (κ2) is 4.48. The Morgan fingerprint density at radius 1 is 0.750 bits per heavy atom. The fourth-order valence-corrected chi connectivity index (χ4v) is 7.27. The molecule has 0 saturated heterocycles. The summed E-state index contributed by atoms with van der Waals surface area (Å²) in [7, 11) is 0. The molecule has 0 aromatic rings. The first-order chi connectivity index (χ1) is 9.56. The van der Waals surface area contributed by atoms with Gasteiger partial charge >= 0.3 is 0 Å². The van der Waals surface area contributed by atoms with Crippen LogP contribution >= 0.6 is 0 Å². The van der Waals surface area contributed by atoms with Gasteiger partial charge in [0.1, 0.15) is 0 Å². The van der Waals surface area contributed by atoms with Gasteiger partial charge in [-0.15, -0.1) is 0 Å². The van der Waals surface area contributed by atoms with Gasteiger partial charge in [0.25, 0.3) is 0 Å². The van der Waals surface area contributed by atoms with Crippen molar-refractivity contribution >= 4 is 0 Å². The SMILES string of the molecule is C[C@]12CCCC[C@H]1CC[C@@H]1[C@@H]2CC[C@]2(C)[C@H](O)CC[C@@H]12. The number of rotatable bonds is 0.